The summed E-state index contributed by atoms with van der Waals surface area (Å²) in [5.74, 6) is 1.98. The minimum absolute atomic E-state index is 0.254. The van der Waals surface area contributed by atoms with Crippen LogP contribution in [0.4, 0.5) is 0 Å². The monoisotopic (exact) mass is 325 g/mol. The van der Waals surface area contributed by atoms with Gasteiger partial charge < -0.3 is 24.7 Å². The normalized spacial score (nSPS) is 13.1. The van der Waals surface area contributed by atoms with E-state index in [1.165, 1.54) is 7.11 Å². The minimum atomic E-state index is -0.593. The summed E-state index contributed by atoms with van der Waals surface area (Å²) in [4.78, 5) is 11.4. The smallest absolute Gasteiger partial charge is 0.322 e. The van der Waals surface area contributed by atoms with E-state index in [2.05, 4.69) is 11.7 Å². The van der Waals surface area contributed by atoms with Crippen molar-refractivity contribution >= 4 is 5.97 Å². The summed E-state index contributed by atoms with van der Waals surface area (Å²) in [6, 6.07) is 3.09. The van der Waals surface area contributed by atoms with E-state index < -0.39 is 6.04 Å². The third-order valence-corrected chi connectivity index (χ3v) is 3.87. The zero-order chi connectivity index (χ0) is 17.4. The molecule has 6 nitrogen and oxygen atoms in total. The number of hydrogen-bond acceptors (Lipinski definition) is 6. The highest BCUT2D eigenvalue weighted by Gasteiger charge is 2.20. The van der Waals surface area contributed by atoms with Crippen LogP contribution in [0.3, 0.4) is 0 Å². The van der Waals surface area contributed by atoms with Crippen LogP contribution < -0.4 is 19.9 Å². The Morgan fingerprint density at radius 3 is 2.22 bits per heavy atom. The molecule has 0 aliphatic heterocycles. The highest BCUT2D eigenvalue weighted by molar-refractivity contribution is 5.75. The van der Waals surface area contributed by atoms with Gasteiger partial charge in [-0.25, -0.2) is 0 Å². The SMILES string of the molecule is COC(=O)C(N)CC(C)CCc1c(OC)ccc(OC)c1OC. The molecule has 1 aromatic rings. The molecule has 2 atom stereocenters. The molecule has 0 saturated heterocycles. The molecule has 2 unspecified atom stereocenters. The van der Waals surface area contributed by atoms with Crippen LogP contribution in [0.15, 0.2) is 12.1 Å². The summed E-state index contributed by atoms with van der Waals surface area (Å²) in [6.07, 6.45) is 2.14. The van der Waals surface area contributed by atoms with Crippen LogP contribution >= 0.6 is 0 Å². The van der Waals surface area contributed by atoms with Crippen molar-refractivity contribution in [2.75, 3.05) is 28.4 Å². The van der Waals surface area contributed by atoms with Gasteiger partial charge in [0.2, 0.25) is 0 Å². The Morgan fingerprint density at radius 1 is 1.09 bits per heavy atom. The maximum atomic E-state index is 11.4. The fourth-order valence-electron chi connectivity index (χ4n) is 2.59. The number of carbonyl (C=O) groups excluding carboxylic acids is 1. The van der Waals surface area contributed by atoms with Gasteiger partial charge >= 0.3 is 5.97 Å². The number of benzene rings is 1. The van der Waals surface area contributed by atoms with Crippen molar-refractivity contribution in [1.29, 1.82) is 0 Å². The van der Waals surface area contributed by atoms with E-state index in [-0.39, 0.29) is 11.9 Å². The van der Waals surface area contributed by atoms with E-state index in [9.17, 15) is 4.79 Å². The summed E-state index contributed by atoms with van der Waals surface area (Å²) < 4.78 is 20.9. The summed E-state index contributed by atoms with van der Waals surface area (Å²) in [5.41, 5.74) is 6.76. The van der Waals surface area contributed by atoms with Crippen LogP contribution in [-0.4, -0.2) is 40.5 Å². The van der Waals surface area contributed by atoms with Crippen molar-refractivity contribution in [3.8, 4) is 17.2 Å². The van der Waals surface area contributed by atoms with Crippen LogP contribution in [0.2, 0.25) is 0 Å². The quantitative estimate of drug-likeness (QED) is 0.701. The Labute approximate surface area is 137 Å². The second kappa shape index (κ2) is 9.25. The van der Waals surface area contributed by atoms with E-state index in [0.29, 0.717) is 17.9 Å². The van der Waals surface area contributed by atoms with E-state index in [0.717, 1.165) is 24.2 Å². The summed E-state index contributed by atoms with van der Waals surface area (Å²) in [6.45, 7) is 2.06. The molecule has 23 heavy (non-hydrogen) atoms. The lowest BCUT2D eigenvalue weighted by molar-refractivity contribution is -0.142. The largest absolute Gasteiger partial charge is 0.496 e. The molecule has 6 heteroatoms. The fraction of sp³-hybridized carbons (Fsp3) is 0.588. The van der Waals surface area contributed by atoms with E-state index in [1.54, 1.807) is 21.3 Å². The molecular formula is C17H27NO5. The fourth-order valence-corrected chi connectivity index (χ4v) is 2.59. The molecular weight excluding hydrogens is 298 g/mol. The standard InChI is InChI=1S/C17H27NO5/c1-11(10-13(18)17(19)23-5)6-7-12-14(20-2)8-9-15(21-3)16(12)22-4/h8-9,11,13H,6-7,10,18H2,1-5H3. The van der Waals surface area contributed by atoms with Crippen molar-refractivity contribution < 1.29 is 23.7 Å². The van der Waals surface area contributed by atoms with Crippen molar-refractivity contribution in [3.63, 3.8) is 0 Å². The first kappa shape index (κ1) is 19.1. The first-order valence-electron chi connectivity index (χ1n) is 7.59. The molecule has 0 fully saturated rings. The third-order valence-electron chi connectivity index (χ3n) is 3.87. The molecule has 0 saturated carbocycles. The summed E-state index contributed by atoms with van der Waals surface area (Å²) >= 11 is 0. The van der Waals surface area contributed by atoms with Gasteiger partial charge in [0, 0.05) is 5.56 Å². The molecule has 0 aromatic heterocycles. The zero-order valence-electron chi connectivity index (χ0n) is 14.5. The Kier molecular flexibility index (Phi) is 7.68. The highest BCUT2D eigenvalue weighted by atomic mass is 16.5. The maximum Gasteiger partial charge on any atom is 0.322 e. The van der Waals surface area contributed by atoms with Crippen LogP contribution in [-0.2, 0) is 16.0 Å². The Bertz CT molecular complexity index is 518. The number of rotatable bonds is 9. The average Bonchev–Trinajstić information content (AvgIpc) is 2.57. The summed E-state index contributed by atoms with van der Waals surface area (Å²) in [7, 11) is 6.18. The number of hydrogen-bond donors (Lipinski definition) is 1. The summed E-state index contributed by atoms with van der Waals surface area (Å²) in [5, 5.41) is 0. The van der Waals surface area contributed by atoms with E-state index in [4.69, 9.17) is 19.9 Å². The molecule has 1 aromatic carbocycles. The topological polar surface area (TPSA) is 80.0 Å². The number of nitrogens with two attached hydrogens (primary N) is 1. The molecule has 130 valence electrons. The lowest BCUT2D eigenvalue weighted by Gasteiger charge is -2.19. The highest BCUT2D eigenvalue weighted by Crippen LogP contribution is 2.38. The molecule has 1 rings (SSSR count). The number of esters is 1. The van der Waals surface area contributed by atoms with Gasteiger partial charge in [0.1, 0.15) is 11.8 Å². The predicted molar refractivity (Wildman–Crippen MR) is 88.2 cm³/mol. The van der Waals surface area contributed by atoms with Crippen molar-refractivity contribution in [2.24, 2.45) is 11.7 Å². The van der Waals surface area contributed by atoms with Crippen LogP contribution in [0.5, 0.6) is 17.2 Å². The number of carbonyl (C=O) groups is 1. The molecule has 0 heterocycles. The minimum Gasteiger partial charge on any atom is -0.496 e. The molecule has 2 N–H and O–H groups in total. The first-order chi connectivity index (χ1) is 11.0. The molecule has 0 amide bonds. The van der Waals surface area contributed by atoms with Gasteiger partial charge in [-0.2, -0.15) is 0 Å². The van der Waals surface area contributed by atoms with E-state index >= 15 is 0 Å². The number of ether oxygens (including phenoxy) is 4. The molecule has 0 spiro atoms. The average molecular weight is 325 g/mol. The van der Waals surface area contributed by atoms with Crippen molar-refractivity contribution in [3.05, 3.63) is 17.7 Å². The van der Waals surface area contributed by atoms with Gasteiger partial charge in [-0.1, -0.05) is 6.92 Å². The maximum absolute atomic E-state index is 11.4. The lowest BCUT2D eigenvalue weighted by Crippen LogP contribution is -2.33. The Morgan fingerprint density at radius 2 is 1.70 bits per heavy atom. The van der Waals surface area contributed by atoms with Crippen LogP contribution in [0.25, 0.3) is 0 Å². The van der Waals surface area contributed by atoms with Gasteiger partial charge in [-0.05, 0) is 37.3 Å². The van der Waals surface area contributed by atoms with E-state index in [1.807, 2.05) is 12.1 Å². The van der Waals surface area contributed by atoms with Crippen molar-refractivity contribution in [1.82, 2.24) is 0 Å². The van der Waals surface area contributed by atoms with Gasteiger partial charge in [0.15, 0.2) is 11.5 Å². The van der Waals surface area contributed by atoms with Gasteiger partial charge in [0.25, 0.3) is 0 Å². The molecule has 0 radical (unpaired) electrons. The van der Waals surface area contributed by atoms with Gasteiger partial charge in [0.05, 0.1) is 28.4 Å². The Hall–Kier alpha value is -1.95. The molecule has 0 aliphatic carbocycles. The van der Waals surface area contributed by atoms with Crippen LogP contribution in [0, 0.1) is 5.92 Å². The molecule has 0 aliphatic rings. The third kappa shape index (κ3) is 5.03. The second-order valence-electron chi connectivity index (χ2n) is 5.49. The second-order valence-corrected chi connectivity index (χ2v) is 5.49. The Balaban J connectivity index is 2.81. The first-order valence-corrected chi connectivity index (χ1v) is 7.59. The van der Waals surface area contributed by atoms with Gasteiger partial charge in [-0.15, -0.1) is 0 Å². The van der Waals surface area contributed by atoms with Crippen molar-refractivity contribution in [2.45, 2.75) is 32.2 Å². The molecule has 0 bridgehead atoms. The van der Waals surface area contributed by atoms with Crippen LogP contribution in [0.1, 0.15) is 25.3 Å². The zero-order valence-corrected chi connectivity index (χ0v) is 14.5. The predicted octanol–water partition coefficient (Wildman–Crippen LogP) is 2.17. The lowest BCUT2D eigenvalue weighted by atomic mass is 9.94. The number of methoxy groups -OCH3 is 4. The van der Waals surface area contributed by atoms with Gasteiger partial charge in [-0.3, -0.25) is 4.79 Å².